The smallest absolute Gasteiger partial charge is 0.147 e. The molecule has 3 heterocycles. The first-order valence-electron chi connectivity index (χ1n) is 6.62. The Morgan fingerprint density at radius 1 is 0.850 bits per heavy atom. The summed E-state index contributed by atoms with van der Waals surface area (Å²) in [4.78, 5) is 9.05. The van der Waals surface area contributed by atoms with Crippen LogP contribution in [0.4, 0.5) is 0 Å². The zero-order chi connectivity index (χ0) is 13.5. The first-order valence-corrected chi connectivity index (χ1v) is 6.62. The van der Waals surface area contributed by atoms with Crippen molar-refractivity contribution >= 4 is 22.1 Å². The van der Waals surface area contributed by atoms with Crippen LogP contribution in [0, 0.1) is 6.92 Å². The maximum Gasteiger partial charge on any atom is 0.147 e. The van der Waals surface area contributed by atoms with Gasteiger partial charge in [0.15, 0.2) is 0 Å². The number of aromatic nitrogens is 3. The van der Waals surface area contributed by atoms with E-state index < -0.39 is 0 Å². The van der Waals surface area contributed by atoms with Crippen molar-refractivity contribution in [3.63, 3.8) is 0 Å². The van der Waals surface area contributed by atoms with Gasteiger partial charge >= 0.3 is 0 Å². The van der Waals surface area contributed by atoms with Crippen molar-refractivity contribution in [3.8, 4) is 5.69 Å². The first kappa shape index (κ1) is 11.2. The molecule has 0 amide bonds. The molecule has 4 rings (SSSR count). The average molecular weight is 259 g/mol. The molecule has 0 radical (unpaired) electrons. The molecule has 0 aliphatic carbocycles. The Bertz CT molecular complexity index is 851. The van der Waals surface area contributed by atoms with Gasteiger partial charge in [0.2, 0.25) is 0 Å². The van der Waals surface area contributed by atoms with E-state index in [4.69, 9.17) is 0 Å². The zero-order valence-electron chi connectivity index (χ0n) is 11.1. The van der Waals surface area contributed by atoms with Gasteiger partial charge in [0, 0.05) is 23.5 Å². The third-order valence-electron chi connectivity index (χ3n) is 3.57. The third kappa shape index (κ3) is 1.53. The highest BCUT2D eigenvalue weighted by Gasteiger charge is 2.12. The SMILES string of the molecule is Cc1ccc(-n2c3cccnc3c3cccnc32)cc1. The van der Waals surface area contributed by atoms with Crippen LogP contribution in [-0.4, -0.2) is 14.5 Å². The van der Waals surface area contributed by atoms with E-state index >= 15 is 0 Å². The lowest BCUT2D eigenvalue weighted by Crippen LogP contribution is -1.95. The van der Waals surface area contributed by atoms with Gasteiger partial charge in [-0.1, -0.05) is 17.7 Å². The number of nitrogens with zero attached hydrogens (tertiary/aromatic N) is 3. The summed E-state index contributed by atoms with van der Waals surface area (Å²) in [5.74, 6) is 0. The van der Waals surface area contributed by atoms with Crippen LogP contribution in [0.2, 0.25) is 0 Å². The van der Waals surface area contributed by atoms with Crippen LogP contribution < -0.4 is 0 Å². The first-order chi connectivity index (χ1) is 9.84. The van der Waals surface area contributed by atoms with E-state index in [0.29, 0.717) is 0 Å². The highest BCUT2D eigenvalue weighted by molar-refractivity contribution is 6.05. The summed E-state index contributed by atoms with van der Waals surface area (Å²) < 4.78 is 2.16. The summed E-state index contributed by atoms with van der Waals surface area (Å²) in [5.41, 5.74) is 5.40. The van der Waals surface area contributed by atoms with E-state index in [-0.39, 0.29) is 0 Å². The number of fused-ring (bicyclic) bond motifs is 3. The molecule has 0 fully saturated rings. The number of aryl methyl sites for hydroxylation is 1. The second kappa shape index (κ2) is 4.17. The van der Waals surface area contributed by atoms with Crippen molar-refractivity contribution < 1.29 is 0 Å². The molecule has 3 nitrogen and oxygen atoms in total. The maximum absolute atomic E-state index is 4.54. The molecule has 3 heteroatoms. The fourth-order valence-corrected chi connectivity index (χ4v) is 2.61. The van der Waals surface area contributed by atoms with Crippen molar-refractivity contribution in [2.24, 2.45) is 0 Å². The summed E-state index contributed by atoms with van der Waals surface area (Å²) in [5, 5.41) is 1.09. The molecule has 0 aliphatic heterocycles. The largest absolute Gasteiger partial charge is 0.292 e. The van der Waals surface area contributed by atoms with Gasteiger partial charge in [0.05, 0.1) is 11.0 Å². The standard InChI is InChI=1S/C17H13N3/c1-12-6-8-13(9-7-12)20-15-5-3-10-18-16(15)14-4-2-11-19-17(14)20/h2-11H,1H3. The number of pyridine rings is 2. The van der Waals surface area contributed by atoms with Gasteiger partial charge in [-0.15, -0.1) is 0 Å². The lowest BCUT2D eigenvalue weighted by atomic mass is 10.2. The topological polar surface area (TPSA) is 30.7 Å². The normalized spacial score (nSPS) is 11.2. The van der Waals surface area contributed by atoms with Gasteiger partial charge in [-0.3, -0.25) is 9.55 Å². The predicted molar refractivity (Wildman–Crippen MR) is 81.1 cm³/mol. The molecule has 0 spiro atoms. The third-order valence-corrected chi connectivity index (χ3v) is 3.57. The van der Waals surface area contributed by atoms with Gasteiger partial charge in [-0.05, 0) is 43.3 Å². The van der Waals surface area contributed by atoms with Crippen LogP contribution in [0.1, 0.15) is 5.56 Å². The molecule has 0 atom stereocenters. The van der Waals surface area contributed by atoms with Crippen molar-refractivity contribution in [1.29, 1.82) is 0 Å². The molecule has 4 aromatic rings. The van der Waals surface area contributed by atoms with E-state index in [9.17, 15) is 0 Å². The Kier molecular flexibility index (Phi) is 2.33. The Morgan fingerprint density at radius 3 is 2.45 bits per heavy atom. The lowest BCUT2D eigenvalue weighted by Gasteiger charge is -2.06. The number of hydrogen-bond donors (Lipinski definition) is 0. The Labute approximate surface area is 116 Å². The van der Waals surface area contributed by atoms with Gasteiger partial charge in [-0.25, -0.2) is 4.98 Å². The van der Waals surface area contributed by atoms with Gasteiger partial charge in [-0.2, -0.15) is 0 Å². The van der Waals surface area contributed by atoms with E-state index in [1.54, 1.807) is 0 Å². The summed E-state index contributed by atoms with van der Waals surface area (Å²) >= 11 is 0. The molecular weight excluding hydrogens is 246 g/mol. The summed E-state index contributed by atoms with van der Waals surface area (Å²) in [6.45, 7) is 2.09. The molecule has 0 saturated carbocycles. The molecule has 0 N–H and O–H groups in total. The minimum absolute atomic E-state index is 0.949. The second-order valence-electron chi connectivity index (χ2n) is 4.92. The number of rotatable bonds is 1. The average Bonchev–Trinajstić information content (AvgIpc) is 2.83. The van der Waals surface area contributed by atoms with Gasteiger partial charge < -0.3 is 0 Å². The van der Waals surface area contributed by atoms with Crippen molar-refractivity contribution in [3.05, 3.63) is 66.5 Å². The van der Waals surface area contributed by atoms with Crippen LogP contribution in [-0.2, 0) is 0 Å². The lowest BCUT2D eigenvalue weighted by molar-refractivity contribution is 1.13. The minimum Gasteiger partial charge on any atom is -0.292 e. The molecule has 0 saturated heterocycles. The molecule has 0 bridgehead atoms. The molecule has 1 aromatic carbocycles. The zero-order valence-corrected chi connectivity index (χ0v) is 11.1. The summed E-state index contributed by atoms with van der Waals surface area (Å²) in [6.07, 6.45) is 3.65. The number of benzene rings is 1. The molecule has 0 aliphatic rings. The van der Waals surface area contributed by atoms with Crippen LogP contribution in [0.5, 0.6) is 0 Å². The Balaban J connectivity index is 2.17. The van der Waals surface area contributed by atoms with Crippen LogP contribution >= 0.6 is 0 Å². The summed E-state index contributed by atoms with van der Waals surface area (Å²) in [7, 11) is 0. The van der Waals surface area contributed by atoms with E-state index in [2.05, 4.69) is 57.9 Å². The molecular formula is C17H13N3. The van der Waals surface area contributed by atoms with Crippen LogP contribution in [0.25, 0.3) is 27.8 Å². The maximum atomic E-state index is 4.54. The van der Waals surface area contributed by atoms with E-state index in [1.165, 1.54) is 5.56 Å². The Hall–Kier alpha value is -2.68. The highest BCUT2D eigenvalue weighted by Crippen LogP contribution is 2.28. The fourth-order valence-electron chi connectivity index (χ4n) is 2.61. The summed E-state index contributed by atoms with van der Waals surface area (Å²) in [6, 6.07) is 16.6. The van der Waals surface area contributed by atoms with Gasteiger partial charge in [0.1, 0.15) is 5.65 Å². The molecule has 20 heavy (non-hydrogen) atoms. The number of hydrogen-bond acceptors (Lipinski definition) is 2. The Morgan fingerprint density at radius 2 is 1.60 bits per heavy atom. The van der Waals surface area contributed by atoms with E-state index in [1.807, 2.05) is 24.5 Å². The second-order valence-corrected chi connectivity index (χ2v) is 4.92. The van der Waals surface area contributed by atoms with Gasteiger partial charge in [0.25, 0.3) is 0 Å². The predicted octanol–water partition coefficient (Wildman–Crippen LogP) is 3.88. The minimum atomic E-state index is 0.949. The highest BCUT2D eigenvalue weighted by atomic mass is 15.1. The monoisotopic (exact) mass is 259 g/mol. The van der Waals surface area contributed by atoms with E-state index in [0.717, 1.165) is 27.8 Å². The quantitative estimate of drug-likeness (QED) is 0.519. The fraction of sp³-hybridized carbons (Fsp3) is 0.0588. The molecule has 3 aromatic heterocycles. The van der Waals surface area contributed by atoms with Crippen LogP contribution in [0.3, 0.4) is 0 Å². The molecule has 96 valence electrons. The van der Waals surface area contributed by atoms with Crippen molar-refractivity contribution in [1.82, 2.24) is 14.5 Å². The van der Waals surface area contributed by atoms with Crippen molar-refractivity contribution in [2.45, 2.75) is 6.92 Å². The van der Waals surface area contributed by atoms with Crippen molar-refractivity contribution in [2.75, 3.05) is 0 Å². The molecule has 0 unspecified atom stereocenters. The van der Waals surface area contributed by atoms with Crippen LogP contribution in [0.15, 0.2) is 60.9 Å².